The number of rotatable bonds is 3. The molecule has 0 atom stereocenters. The smallest absolute Gasteiger partial charge is 0.234 e. The molecule has 0 unspecified atom stereocenters. The van der Waals surface area contributed by atoms with Gasteiger partial charge >= 0.3 is 0 Å². The summed E-state index contributed by atoms with van der Waals surface area (Å²) < 4.78 is 7.34. The summed E-state index contributed by atoms with van der Waals surface area (Å²) in [7, 11) is 0. The lowest BCUT2D eigenvalue weighted by Gasteiger charge is -2.37. The van der Waals surface area contributed by atoms with E-state index >= 15 is 0 Å². The van der Waals surface area contributed by atoms with Gasteiger partial charge in [-0.15, -0.1) is 10.2 Å². The Morgan fingerprint density at radius 3 is 2.80 bits per heavy atom. The van der Waals surface area contributed by atoms with Gasteiger partial charge in [0.25, 0.3) is 0 Å². The molecular formula is C13H19N5OS. The fourth-order valence-corrected chi connectivity index (χ4v) is 4.06. The van der Waals surface area contributed by atoms with Crippen LogP contribution < -0.4 is 5.73 Å². The Kier molecular flexibility index (Phi) is 3.01. The maximum Gasteiger partial charge on any atom is 0.234 e. The maximum absolute atomic E-state index is 6.31. The third kappa shape index (κ3) is 2.13. The molecule has 1 aliphatic heterocycles. The highest BCUT2D eigenvalue weighted by atomic mass is 32.1. The zero-order valence-corrected chi connectivity index (χ0v) is 12.2. The van der Waals surface area contributed by atoms with Crippen LogP contribution in [0.2, 0.25) is 0 Å². The minimum atomic E-state index is -0.0257. The van der Waals surface area contributed by atoms with Gasteiger partial charge in [0.15, 0.2) is 5.82 Å². The number of nitrogens with two attached hydrogens (primary N) is 1. The molecule has 0 spiro atoms. The molecule has 0 amide bonds. The van der Waals surface area contributed by atoms with E-state index in [1.807, 2.05) is 4.52 Å². The van der Waals surface area contributed by atoms with Crippen molar-refractivity contribution in [1.82, 2.24) is 19.8 Å². The standard InChI is InChI=1S/C13H19N5OS/c14-13(4-1-5-13)8-10-17-18-11(15-16-12(18)20-10)9-2-6-19-7-3-9/h9H,1-8,14H2. The van der Waals surface area contributed by atoms with Crippen molar-refractivity contribution in [2.75, 3.05) is 13.2 Å². The molecule has 108 valence electrons. The van der Waals surface area contributed by atoms with Crippen molar-refractivity contribution in [2.24, 2.45) is 5.73 Å². The highest BCUT2D eigenvalue weighted by Gasteiger charge is 2.34. The van der Waals surface area contributed by atoms with Crippen LogP contribution in [0.3, 0.4) is 0 Å². The lowest BCUT2D eigenvalue weighted by Crippen LogP contribution is -2.48. The van der Waals surface area contributed by atoms with E-state index in [0.29, 0.717) is 5.92 Å². The highest BCUT2D eigenvalue weighted by Crippen LogP contribution is 2.34. The summed E-state index contributed by atoms with van der Waals surface area (Å²) >= 11 is 1.63. The van der Waals surface area contributed by atoms with E-state index in [0.717, 1.165) is 61.1 Å². The molecule has 1 saturated heterocycles. The first kappa shape index (κ1) is 12.7. The molecule has 6 nitrogen and oxygen atoms in total. The van der Waals surface area contributed by atoms with Crippen molar-refractivity contribution >= 4 is 16.3 Å². The van der Waals surface area contributed by atoms with Crippen molar-refractivity contribution in [3.8, 4) is 0 Å². The zero-order chi connectivity index (χ0) is 13.6. The number of hydrogen-bond donors (Lipinski definition) is 1. The van der Waals surface area contributed by atoms with Gasteiger partial charge in [0.05, 0.1) is 0 Å². The van der Waals surface area contributed by atoms with Gasteiger partial charge in [0, 0.05) is 31.1 Å². The van der Waals surface area contributed by atoms with Gasteiger partial charge < -0.3 is 10.5 Å². The van der Waals surface area contributed by atoms with Gasteiger partial charge in [-0.3, -0.25) is 0 Å². The summed E-state index contributed by atoms with van der Waals surface area (Å²) in [6.45, 7) is 1.62. The highest BCUT2D eigenvalue weighted by molar-refractivity contribution is 7.16. The molecule has 1 aliphatic carbocycles. The van der Waals surface area contributed by atoms with Crippen LogP contribution in [0.1, 0.15) is 48.9 Å². The summed E-state index contributed by atoms with van der Waals surface area (Å²) in [5.74, 6) is 1.41. The first-order valence-electron chi connectivity index (χ1n) is 7.31. The van der Waals surface area contributed by atoms with Gasteiger partial charge in [-0.2, -0.15) is 9.61 Å². The first-order chi connectivity index (χ1) is 9.73. The zero-order valence-electron chi connectivity index (χ0n) is 11.4. The summed E-state index contributed by atoms with van der Waals surface area (Å²) in [4.78, 5) is 0.893. The average Bonchev–Trinajstić information content (AvgIpc) is 2.97. The Morgan fingerprint density at radius 1 is 1.30 bits per heavy atom. The van der Waals surface area contributed by atoms with Crippen molar-refractivity contribution in [1.29, 1.82) is 0 Å². The summed E-state index contributed by atoms with van der Waals surface area (Å²) in [5.41, 5.74) is 6.29. The molecule has 4 rings (SSSR count). The Labute approximate surface area is 121 Å². The Morgan fingerprint density at radius 2 is 2.10 bits per heavy atom. The fourth-order valence-electron chi connectivity index (χ4n) is 3.06. The monoisotopic (exact) mass is 293 g/mol. The van der Waals surface area contributed by atoms with Crippen molar-refractivity contribution in [3.05, 3.63) is 10.8 Å². The topological polar surface area (TPSA) is 78.3 Å². The van der Waals surface area contributed by atoms with Gasteiger partial charge in [-0.05, 0) is 32.1 Å². The molecule has 0 aromatic carbocycles. The Balaban J connectivity index is 1.61. The molecule has 3 heterocycles. The van der Waals surface area contributed by atoms with Crippen LogP contribution in [0.25, 0.3) is 4.96 Å². The molecule has 7 heteroatoms. The number of ether oxygens (including phenoxy) is 1. The van der Waals surface area contributed by atoms with E-state index in [9.17, 15) is 0 Å². The van der Waals surface area contributed by atoms with Crippen LogP contribution in [-0.2, 0) is 11.2 Å². The molecule has 0 radical (unpaired) electrons. The number of aromatic nitrogens is 4. The van der Waals surface area contributed by atoms with Crippen molar-refractivity contribution in [2.45, 2.75) is 50.0 Å². The van der Waals surface area contributed by atoms with Crippen LogP contribution in [-0.4, -0.2) is 38.6 Å². The van der Waals surface area contributed by atoms with E-state index in [-0.39, 0.29) is 5.54 Å². The Hall–Kier alpha value is -1.05. The van der Waals surface area contributed by atoms with Crippen molar-refractivity contribution in [3.63, 3.8) is 0 Å². The average molecular weight is 293 g/mol. The quantitative estimate of drug-likeness (QED) is 0.928. The van der Waals surface area contributed by atoms with Gasteiger partial charge in [-0.1, -0.05) is 11.3 Å². The molecule has 2 aromatic heterocycles. The van der Waals surface area contributed by atoms with Gasteiger partial charge in [0.2, 0.25) is 4.96 Å². The molecule has 2 aromatic rings. The van der Waals surface area contributed by atoms with Crippen LogP contribution >= 0.6 is 11.3 Å². The van der Waals surface area contributed by atoms with Crippen LogP contribution in [0.5, 0.6) is 0 Å². The van der Waals surface area contributed by atoms with E-state index in [2.05, 4.69) is 10.2 Å². The van der Waals surface area contributed by atoms with Crippen LogP contribution in [0, 0.1) is 0 Å². The fraction of sp³-hybridized carbons (Fsp3) is 0.769. The molecule has 1 saturated carbocycles. The van der Waals surface area contributed by atoms with Gasteiger partial charge in [0.1, 0.15) is 5.01 Å². The molecular weight excluding hydrogens is 274 g/mol. The predicted molar refractivity (Wildman–Crippen MR) is 75.9 cm³/mol. The summed E-state index contributed by atoms with van der Waals surface area (Å²) in [5, 5.41) is 14.4. The maximum atomic E-state index is 6.31. The molecule has 20 heavy (non-hydrogen) atoms. The minimum absolute atomic E-state index is 0.0257. The third-order valence-corrected chi connectivity index (χ3v) is 5.39. The first-order valence-corrected chi connectivity index (χ1v) is 8.13. The normalized spacial score (nSPS) is 23.1. The molecule has 2 fully saturated rings. The van der Waals surface area contributed by atoms with Crippen LogP contribution in [0.15, 0.2) is 0 Å². The van der Waals surface area contributed by atoms with Gasteiger partial charge in [-0.25, -0.2) is 0 Å². The number of fused-ring (bicyclic) bond motifs is 1. The second-order valence-corrected chi connectivity index (χ2v) is 7.07. The van der Waals surface area contributed by atoms with E-state index in [1.54, 1.807) is 11.3 Å². The summed E-state index contributed by atoms with van der Waals surface area (Å²) in [6, 6.07) is 0. The van der Waals surface area contributed by atoms with Crippen LogP contribution in [0.4, 0.5) is 0 Å². The molecule has 2 aliphatic rings. The van der Waals surface area contributed by atoms with E-state index in [1.165, 1.54) is 6.42 Å². The van der Waals surface area contributed by atoms with E-state index in [4.69, 9.17) is 15.6 Å². The van der Waals surface area contributed by atoms with E-state index < -0.39 is 0 Å². The Bertz CT molecular complexity index is 611. The number of hydrogen-bond acceptors (Lipinski definition) is 6. The lowest BCUT2D eigenvalue weighted by molar-refractivity contribution is 0.0831. The predicted octanol–water partition coefficient (Wildman–Crippen LogP) is 1.50. The number of nitrogens with zero attached hydrogens (tertiary/aromatic N) is 4. The summed E-state index contributed by atoms with van der Waals surface area (Å²) in [6.07, 6.45) is 6.35. The van der Waals surface area contributed by atoms with Crippen molar-refractivity contribution < 1.29 is 4.74 Å². The minimum Gasteiger partial charge on any atom is -0.381 e. The molecule has 2 N–H and O–H groups in total. The second-order valence-electron chi connectivity index (χ2n) is 6.03. The second kappa shape index (κ2) is 4.75. The largest absolute Gasteiger partial charge is 0.381 e. The lowest BCUT2D eigenvalue weighted by atomic mass is 9.75. The SMILES string of the molecule is NC1(Cc2nn3c(C4CCOCC4)nnc3s2)CCC1. The molecule has 0 bridgehead atoms. The third-order valence-electron chi connectivity index (χ3n) is 4.50.